The van der Waals surface area contributed by atoms with Crippen molar-refractivity contribution in [2.75, 3.05) is 20.6 Å². The molecule has 0 spiro atoms. The van der Waals surface area contributed by atoms with Crippen molar-refractivity contribution in [3.05, 3.63) is 65.2 Å². The van der Waals surface area contributed by atoms with E-state index in [2.05, 4.69) is 16.2 Å². The summed E-state index contributed by atoms with van der Waals surface area (Å²) in [7, 11) is -0.912. The highest BCUT2D eigenvalue weighted by atomic mass is 32.2. The van der Waals surface area contributed by atoms with Crippen LogP contribution in [0.5, 0.6) is 0 Å². The van der Waals surface area contributed by atoms with Crippen LogP contribution in [0.1, 0.15) is 26.3 Å². The predicted octanol–water partition coefficient (Wildman–Crippen LogP) is 0.436. The summed E-state index contributed by atoms with van der Waals surface area (Å²) < 4.78 is 25.3. The Morgan fingerprint density at radius 2 is 1.55 bits per heavy atom. The van der Waals surface area contributed by atoms with E-state index < -0.39 is 34.3 Å². The maximum atomic E-state index is 12.2. The van der Waals surface area contributed by atoms with Gasteiger partial charge < -0.3 is 5.32 Å². The normalized spacial score (nSPS) is 11.0. The van der Waals surface area contributed by atoms with Gasteiger partial charge in [0.25, 0.3) is 17.7 Å². The first kappa shape index (κ1) is 22.1. The van der Waals surface area contributed by atoms with Gasteiger partial charge in [-0.3, -0.25) is 25.2 Å². The molecule has 0 aliphatic carbocycles. The number of hydrazine groups is 1. The minimum absolute atomic E-state index is 0.0371. The topological polar surface area (TPSA) is 125 Å². The molecule has 0 radical (unpaired) electrons. The third-order valence-corrected chi connectivity index (χ3v) is 5.72. The van der Waals surface area contributed by atoms with Crippen molar-refractivity contribution in [1.29, 1.82) is 0 Å². The Kier molecular flexibility index (Phi) is 7.08. The van der Waals surface area contributed by atoms with Gasteiger partial charge in [-0.2, -0.15) is 0 Å². The number of hydrogen-bond donors (Lipinski definition) is 3. The van der Waals surface area contributed by atoms with Crippen molar-refractivity contribution in [2.24, 2.45) is 0 Å². The molecule has 2 aromatic carbocycles. The standard InChI is InChI=1S/C19H22N4O5S/c1-13-7-9-14(10-8-13)19(26)22-21-17(24)12-20-18(25)15-5-4-6-16(11-15)29(27,28)23(2)3/h4-11H,12H2,1-3H3,(H,20,25)(H,21,24)(H,22,26). The highest BCUT2D eigenvalue weighted by Crippen LogP contribution is 2.14. The Morgan fingerprint density at radius 3 is 2.17 bits per heavy atom. The van der Waals surface area contributed by atoms with Gasteiger partial charge >= 0.3 is 0 Å². The maximum absolute atomic E-state index is 12.2. The molecule has 0 aliphatic rings. The van der Waals surface area contributed by atoms with Crippen molar-refractivity contribution >= 4 is 27.7 Å². The average Bonchev–Trinajstić information content (AvgIpc) is 2.70. The number of nitrogens with one attached hydrogen (secondary N) is 3. The summed E-state index contributed by atoms with van der Waals surface area (Å²) >= 11 is 0. The SMILES string of the molecule is Cc1ccc(C(=O)NNC(=O)CNC(=O)c2cccc(S(=O)(=O)N(C)C)c2)cc1. The average molecular weight is 418 g/mol. The van der Waals surface area contributed by atoms with Gasteiger partial charge in [0.15, 0.2) is 0 Å². The van der Waals surface area contributed by atoms with Gasteiger partial charge in [-0.15, -0.1) is 0 Å². The molecule has 0 saturated heterocycles. The Hall–Kier alpha value is -3.24. The molecule has 29 heavy (non-hydrogen) atoms. The molecule has 10 heteroatoms. The summed E-state index contributed by atoms with van der Waals surface area (Å²) in [4.78, 5) is 35.9. The quantitative estimate of drug-likeness (QED) is 0.587. The van der Waals surface area contributed by atoms with E-state index in [1.54, 1.807) is 24.3 Å². The van der Waals surface area contributed by atoms with Gasteiger partial charge in [-0.1, -0.05) is 23.8 Å². The Labute approximate surface area is 169 Å². The number of nitrogens with zero attached hydrogens (tertiary/aromatic N) is 1. The van der Waals surface area contributed by atoms with E-state index in [0.717, 1.165) is 9.87 Å². The monoisotopic (exact) mass is 418 g/mol. The van der Waals surface area contributed by atoms with Crippen LogP contribution in [0.2, 0.25) is 0 Å². The van der Waals surface area contributed by atoms with Gasteiger partial charge in [-0.05, 0) is 37.3 Å². The molecule has 0 unspecified atom stereocenters. The molecule has 2 aromatic rings. The molecule has 0 atom stereocenters. The van der Waals surface area contributed by atoms with E-state index in [1.165, 1.54) is 38.4 Å². The van der Waals surface area contributed by atoms with Crippen LogP contribution < -0.4 is 16.2 Å². The predicted molar refractivity (Wildman–Crippen MR) is 106 cm³/mol. The van der Waals surface area contributed by atoms with Crippen LogP contribution in [-0.4, -0.2) is 51.1 Å². The number of aryl methyl sites for hydroxylation is 1. The zero-order chi connectivity index (χ0) is 21.6. The number of carbonyl (C=O) groups is 3. The molecule has 0 bridgehead atoms. The smallest absolute Gasteiger partial charge is 0.269 e. The maximum Gasteiger partial charge on any atom is 0.269 e. The first-order chi connectivity index (χ1) is 13.6. The first-order valence-electron chi connectivity index (χ1n) is 8.58. The summed E-state index contributed by atoms with van der Waals surface area (Å²) in [5, 5.41) is 2.37. The molecule has 0 saturated carbocycles. The van der Waals surface area contributed by atoms with E-state index in [9.17, 15) is 22.8 Å². The molecule has 0 heterocycles. The number of benzene rings is 2. The van der Waals surface area contributed by atoms with Crippen LogP contribution in [0.15, 0.2) is 53.4 Å². The lowest BCUT2D eigenvalue weighted by atomic mass is 10.1. The highest BCUT2D eigenvalue weighted by Gasteiger charge is 2.19. The second-order valence-corrected chi connectivity index (χ2v) is 8.52. The molecule has 0 fully saturated rings. The molecule has 3 N–H and O–H groups in total. The van der Waals surface area contributed by atoms with Crippen molar-refractivity contribution in [1.82, 2.24) is 20.5 Å². The fourth-order valence-electron chi connectivity index (χ4n) is 2.22. The number of sulfonamides is 1. The summed E-state index contributed by atoms with van der Waals surface area (Å²) in [6.07, 6.45) is 0. The number of hydrogen-bond acceptors (Lipinski definition) is 5. The van der Waals surface area contributed by atoms with Crippen molar-refractivity contribution in [2.45, 2.75) is 11.8 Å². The van der Waals surface area contributed by atoms with E-state index in [-0.39, 0.29) is 10.5 Å². The molecule has 3 amide bonds. The van der Waals surface area contributed by atoms with Gasteiger partial charge in [0.05, 0.1) is 11.4 Å². The van der Waals surface area contributed by atoms with Gasteiger partial charge in [-0.25, -0.2) is 12.7 Å². The van der Waals surface area contributed by atoms with Crippen LogP contribution in [0.3, 0.4) is 0 Å². The Bertz CT molecular complexity index is 1020. The van der Waals surface area contributed by atoms with Crippen molar-refractivity contribution in [3.8, 4) is 0 Å². The fraction of sp³-hybridized carbons (Fsp3) is 0.211. The van der Waals surface area contributed by atoms with Gasteiger partial charge in [0.2, 0.25) is 10.0 Å². The molecular weight excluding hydrogens is 396 g/mol. The second-order valence-electron chi connectivity index (χ2n) is 6.37. The van der Waals surface area contributed by atoms with Crippen LogP contribution in [0.25, 0.3) is 0 Å². The highest BCUT2D eigenvalue weighted by molar-refractivity contribution is 7.89. The number of amides is 3. The minimum Gasteiger partial charge on any atom is -0.343 e. The number of rotatable bonds is 6. The summed E-state index contributed by atoms with van der Waals surface area (Å²) in [5.74, 6) is -1.76. The molecular formula is C19H22N4O5S. The molecule has 154 valence electrons. The largest absolute Gasteiger partial charge is 0.343 e. The molecule has 2 rings (SSSR count). The molecule has 9 nitrogen and oxygen atoms in total. The van der Waals surface area contributed by atoms with Crippen LogP contribution in [0.4, 0.5) is 0 Å². The second kappa shape index (κ2) is 9.30. The Balaban J connectivity index is 1.89. The lowest BCUT2D eigenvalue weighted by Gasteiger charge is -2.12. The number of carbonyl (C=O) groups excluding carboxylic acids is 3. The van der Waals surface area contributed by atoms with E-state index in [4.69, 9.17) is 0 Å². The Morgan fingerprint density at radius 1 is 0.897 bits per heavy atom. The summed E-state index contributed by atoms with van der Waals surface area (Å²) in [5.41, 5.74) is 5.90. The molecule has 0 aromatic heterocycles. The molecule has 0 aliphatic heterocycles. The third-order valence-electron chi connectivity index (χ3n) is 3.91. The minimum atomic E-state index is -3.68. The van der Waals surface area contributed by atoms with Gasteiger partial charge in [0.1, 0.15) is 0 Å². The van der Waals surface area contributed by atoms with E-state index in [0.29, 0.717) is 5.56 Å². The fourth-order valence-corrected chi connectivity index (χ4v) is 3.17. The van der Waals surface area contributed by atoms with Crippen LogP contribution in [-0.2, 0) is 14.8 Å². The summed E-state index contributed by atoms with van der Waals surface area (Å²) in [6.45, 7) is 1.48. The zero-order valence-corrected chi connectivity index (χ0v) is 17.0. The zero-order valence-electron chi connectivity index (χ0n) is 16.2. The third kappa shape index (κ3) is 5.87. The van der Waals surface area contributed by atoms with Crippen LogP contribution >= 0.6 is 0 Å². The van der Waals surface area contributed by atoms with E-state index in [1.807, 2.05) is 6.92 Å². The summed E-state index contributed by atoms with van der Waals surface area (Å²) in [6, 6.07) is 12.2. The lowest BCUT2D eigenvalue weighted by molar-refractivity contribution is -0.120. The lowest BCUT2D eigenvalue weighted by Crippen LogP contribution is -2.46. The first-order valence-corrected chi connectivity index (χ1v) is 10.0. The van der Waals surface area contributed by atoms with Crippen molar-refractivity contribution < 1.29 is 22.8 Å². The van der Waals surface area contributed by atoms with Crippen LogP contribution in [0, 0.1) is 6.92 Å². The van der Waals surface area contributed by atoms with E-state index >= 15 is 0 Å². The van der Waals surface area contributed by atoms with Gasteiger partial charge in [0, 0.05) is 25.2 Å². The van der Waals surface area contributed by atoms with Crippen molar-refractivity contribution in [3.63, 3.8) is 0 Å².